The minimum absolute atomic E-state index is 0.0206. The van der Waals surface area contributed by atoms with E-state index in [9.17, 15) is 14.4 Å². The van der Waals surface area contributed by atoms with Gasteiger partial charge in [-0.3, -0.25) is 9.59 Å². The smallest absolute Gasteiger partial charge is 0.372 e. The molecule has 0 atom stereocenters. The van der Waals surface area contributed by atoms with Gasteiger partial charge in [0.15, 0.2) is 0 Å². The highest BCUT2D eigenvalue weighted by molar-refractivity contribution is 6.32. The topological polar surface area (TPSA) is 145 Å². The van der Waals surface area contributed by atoms with Crippen LogP contribution < -0.4 is 4.74 Å². The zero-order valence-electron chi connectivity index (χ0n) is 27.0. The summed E-state index contributed by atoms with van der Waals surface area (Å²) in [6.07, 6.45) is 8.36. The van der Waals surface area contributed by atoms with Crippen molar-refractivity contribution >= 4 is 17.7 Å². The van der Waals surface area contributed by atoms with Gasteiger partial charge in [0.25, 0.3) is 0 Å². The third-order valence-corrected chi connectivity index (χ3v) is 6.38. The van der Waals surface area contributed by atoms with Crippen LogP contribution in [-0.2, 0) is 54.0 Å². The molecule has 0 fully saturated rings. The zero-order chi connectivity index (χ0) is 32.6. The molecule has 1 aromatic carbocycles. The second-order valence-electron chi connectivity index (χ2n) is 10.1. The highest BCUT2D eigenvalue weighted by Gasteiger charge is 2.14. The SMILES string of the molecule is CCCCCCCCc1ccc(OCCOCCOCCOCCOCCOCCOCCOC(=O)CCC(=O)C(=O)O)cc1. The Labute approximate surface area is 267 Å². The van der Waals surface area contributed by atoms with Crippen LogP contribution in [0.1, 0.15) is 63.9 Å². The van der Waals surface area contributed by atoms with Gasteiger partial charge in [0.05, 0.1) is 85.7 Å². The standard InChI is InChI=1S/C33H54O12/c1-2-3-4-5-6-7-8-29-9-11-30(12-10-29)44-27-25-42-23-21-40-19-17-38-15-16-39-18-20-41-22-24-43-26-28-45-32(35)14-13-31(34)33(36)37/h9-12H,2-8,13-28H2,1H3,(H,36,37). The van der Waals surface area contributed by atoms with Gasteiger partial charge in [-0.15, -0.1) is 0 Å². The summed E-state index contributed by atoms with van der Waals surface area (Å²) in [6.45, 7) is 7.86. The molecule has 1 rings (SSSR count). The van der Waals surface area contributed by atoms with Gasteiger partial charge in [0.2, 0.25) is 5.78 Å². The lowest BCUT2D eigenvalue weighted by Gasteiger charge is -2.09. The third-order valence-electron chi connectivity index (χ3n) is 6.38. The van der Waals surface area contributed by atoms with Crippen molar-refractivity contribution in [1.29, 1.82) is 0 Å². The van der Waals surface area contributed by atoms with Gasteiger partial charge in [-0.1, -0.05) is 51.2 Å². The van der Waals surface area contributed by atoms with E-state index >= 15 is 0 Å². The van der Waals surface area contributed by atoms with Crippen molar-refractivity contribution < 1.29 is 57.4 Å². The molecule has 0 aliphatic heterocycles. The van der Waals surface area contributed by atoms with Gasteiger partial charge in [0.1, 0.15) is 19.0 Å². The van der Waals surface area contributed by atoms with Crippen molar-refractivity contribution in [2.75, 3.05) is 92.5 Å². The highest BCUT2D eigenvalue weighted by atomic mass is 16.6. The number of carboxylic acids is 1. The number of carbonyl (C=O) groups is 3. The number of aliphatic carboxylic acids is 1. The molecule has 0 unspecified atom stereocenters. The summed E-state index contributed by atoms with van der Waals surface area (Å²) in [5.41, 5.74) is 1.36. The maximum atomic E-state index is 11.4. The zero-order valence-corrected chi connectivity index (χ0v) is 27.0. The van der Waals surface area contributed by atoms with Crippen LogP contribution in [0.3, 0.4) is 0 Å². The Morgan fingerprint density at radius 3 is 1.49 bits per heavy atom. The third kappa shape index (κ3) is 26.3. The van der Waals surface area contributed by atoms with Crippen LogP contribution in [-0.4, -0.2) is 115 Å². The molecular weight excluding hydrogens is 588 g/mol. The fraction of sp³-hybridized carbons (Fsp3) is 0.727. The summed E-state index contributed by atoms with van der Waals surface area (Å²) in [5.74, 6) is -2.36. The molecule has 0 amide bonds. The molecule has 0 aliphatic carbocycles. The Balaban J connectivity index is 1.76. The molecular formula is C33H54O12. The first-order valence-electron chi connectivity index (χ1n) is 16.1. The van der Waals surface area contributed by atoms with E-state index in [1.165, 1.54) is 44.1 Å². The summed E-state index contributed by atoms with van der Waals surface area (Å²) in [5, 5.41) is 8.44. The van der Waals surface area contributed by atoms with E-state index < -0.39 is 17.7 Å². The maximum absolute atomic E-state index is 11.4. The van der Waals surface area contributed by atoms with Crippen LogP contribution in [0.4, 0.5) is 0 Å². The molecule has 12 heteroatoms. The number of hydrogen-bond donors (Lipinski definition) is 1. The number of rotatable bonds is 33. The predicted molar refractivity (Wildman–Crippen MR) is 167 cm³/mol. The number of esters is 1. The minimum Gasteiger partial charge on any atom is -0.491 e. The second-order valence-corrected chi connectivity index (χ2v) is 10.1. The quantitative estimate of drug-likeness (QED) is 0.0671. The van der Waals surface area contributed by atoms with Crippen molar-refractivity contribution in [2.24, 2.45) is 0 Å². The largest absolute Gasteiger partial charge is 0.491 e. The Hall–Kier alpha value is -2.61. The summed E-state index contributed by atoms with van der Waals surface area (Å²) in [7, 11) is 0. The molecule has 0 aliphatic rings. The summed E-state index contributed by atoms with van der Waals surface area (Å²) in [6, 6.07) is 8.36. The first-order valence-corrected chi connectivity index (χ1v) is 16.1. The van der Waals surface area contributed by atoms with Crippen molar-refractivity contribution in [3.63, 3.8) is 0 Å². The molecule has 0 radical (unpaired) electrons. The molecule has 45 heavy (non-hydrogen) atoms. The first kappa shape index (κ1) is 40.4. The van der Waals surface area contributed by atoms with Crippen LogP contribution in [0.2, 0.25) is 0 Å². The molecule has 1 N–H and O–H groups in total. The van der Waals surface area contributed by atoms with Crippen LogP contribution in [0.15, 0.2) is 24.3 Å². The van der Waals surface area contributed by atoms with E-state index in [2.05, 4.69) is 19.1 Å². The van der Waals surface area contributed by atoms with Crippen molar-refractivity contribution in [3.05, 3.63) is 29.8 Å². The number of ether oxygens (including phenoxy) is 8. The molecule has 0 bridgehead atoms. The normalized spacial score (nSPS) is 11.0. The fourth-order valence-corrected chi connectivity index (χ4v) is 3.89. The van der Waals surface area contributed by atoms with E-state index in [-0.39, 0.29) is 26.1 Å². The van der Waals surface area contributed by atoms with Crippen molar-refractivity contribution in [1.82, 2.24) is 0 Å². The summed E-state index contributed by atoms with van der Waals surface area (Å²) in [4.78, 5) is 32.6. The van der Waals surface area contributed by atoms with Gasteiger partial charge in [-0.25, -0.2) is 4.79 Å². The Morgan fingerprint density at radius 2 is 1.00 bits per heavy atom. The lowest BCUT2D eigenvalue weighted by atomic mass is 10.0. The van der Waals surface area contributed by atoms with Crippen molar-refractivity contribution in [3.8, 4) is 5.75 Å². The van der Waals surface area contributed by atoms with E-state index in [1.807, 2.05) is 12.1 Å². The molecule has 0 heterocycles. The fourth-order valence-electron chi connectivity index (χ4n) is 3.89. The minimum atomic E-state index is -1.56. The number of benzene rings is 1. The molecule has 0 spiro atoms. The molecule has 12 nitrogen and oxygen atoms in total. The number of carbonyl (C=O) groups excluding carboxylic acids is 2. The summed E-state index contributed by atoms with van der Waals surface area (Å²) >= 11 is 0. The lowest BCUT2D eigenvalue weighted by Crippen LogP contribution is -2.17. The van der Waals surface area contributed by atoms with Gasteiger partial charge >= 0.3 is 11.9 Å². The van der Waals surface area contributed by atoms with Crippen LogP contribution in [0, 0.1) is 0 Å². The molecule has 258 valence electrons. The molecule has 0 saturated heterocycles. The molecule has 0 aromatic heterocycles. The number of unbranched alkanes of at least 4 members (excludes halogenated alkanes) is 5. The number of hydrogen-bond acceptors (Lipinski definition) is 11. The van der Waals surface area contributed by atoms with E-state index in [0.717, 1.165) is 12.2 Å². The second kappa shape index (κ2) is 30.1. The maximum Gasteiger partial charge on any atom is 0.372 e. The highest BCUT2D eigenvalue weighted by Crippen LogP contribution is 2.15. The van der Waals surface area contributed by atoms with Gasteiger partial charge in [0, 0.05) is 6.42 Å². The van der Waals surface area contributed by atoms with E-state index in [0.29, 0.717) is 79.3 Å². The van der Waals surface area contributed by atoms with Crippen LogP contribution in [0.25, 0.3) is 0 Å². The average Bonchev–Trinajstić information content (AvgIpc) is 3.04. The van der Waals surface area contributed by atoms with E-state index in [1.54, 1.807) is 0 Å². The Bertz CT molecular complexity index is 862. The Kier molecular flexibility index (Phi) is 27.0. The molecule has 1 aromatic rings. The Morgan fingerprint density at radius 1 is 0.556 bits per heavy atom. The van der Waals surface area contributed by atoms with Crippen molar-refractivity contribution in [2.45, 2.75) is 64.7 Å². The number of aryl methyl sites for hydroxylation is 1. The molecule has 0 saturated carbocycles. The first-order chi connectivity index (χ1) is 22.0. The monoisotopic (exact) mass is 642 g/mol. The van der Waals surface area contributed by atoms with Crippen LogP contribution in [0.5, 0.6) is 5.75 Å². The summed E-state index contributed by atoms with van der Waals surface area (Å²) < 4.78 is 43.2. The van der Waals surface area contributed by atoms with E-state index in [4.69, 9.17) is 43.0 Å². The van der Waals surface area contributed by atoms with Gasteiger partial charge < -0.3 is 43.0 Å². The predicted octanol–water partition coefficient (Wildman–Crippen LogP) is 4.05. The van der Waals surface area contributed by atoms with Crippen LogP contribution >= 0.6 is 0 Å². The van der Waals surface area contributed by atoms with Gasteiger partial charge in [-0.05, 0) is 30.5 Å². The average molecular weight is 643 g/mol. The number of ketones is 1. The van der Waals surface area contributed by atoms with Gasteiger partial charge in [-0.2, -0.15) is 0 Å². The lowest BCUT2D eigenvalue weighted by molar-refractivity contribution is -0.151. The number of Topliss-reactive ketones (excluding diaryl/α,β-unsaturated/α-hetero) is 1. The number of carboxylic acid groups (broad SMARTS) is 1.